The third-order valence-electron chi connectivity index (χ3n) is 3.12. The molecule has 4 heteroatoms. The van der Waals surface area contributed by atoms with Crippen LogP contribution in [-0.4, -0.2) is 5.91 Å². The number of halogens is 2. The van der Waals surface area contributed by atoms with E-state index in [9.17, 15) is 4.79 Å². The van der Waals surface area contributed by atoms with Gasteiger partial charge in [0.2, 0.25) is 0 Å². The molecule has 1 unspecified atom stereocenters. The highest BCUT2D eigenvalue weighted by atomic mass is 79.9. The lowest BCUT2D eigenvalue weighted by Crippen LogP contribution is -2.26. The van der Waals surface area contributed by atoms with Crippen LogP contribution in [0.25, 0.3) is 0 Å². The van der Waals surface area contributed by atoms with E-state index < -0.39 is 0 Å². The van der Waals surface area contributed by atoms with Crippen molar-refractivity contribution in [1.29, 1.82) is 0 Å². The summed E-state index contributed by atoms with van der Waals surface area (Å²) in [4.78, 5) is 12.2. The molecule has 2 nitrogen and oxygen atoms in total. The van der Waals surface area contributed by atoms with E-state index >= 15 is 0 Å². The van der Waals surface area contributed by atoms with Crippen molar-refractivity contribution in [2.45, 2.75) is 19.9 Å². The number of hydrogen-bond donors (Lipinski definition) is 1. The Labute approximate surface area is 135 Å². The first-order chi connectivity index (χ1) is 9.47. The highest BCUT2D eigenvalue weighted by molar-refractivity contribution is 9.10. The molecule has 0 aliphatic rings. The molecule has 20 heavy (non-hydrogen) atoms. The van der Waals surface area contributed by atoms with Crippen LogP contribution in [0.3, 0.4) is 0 Å². The van der Waals surface area contributed by atoms with Crippen molar-refractivity contribution >= 4 is 37.8 Å². The van der Waals surface area contributed by atoms with E-state index in [0.717, 1.165) is 20.1 Å². The number of carbonyl (C=O) groups is 1. The van der Waals surface area contributed by atoms with Crippen molar-refractivity contribution in [2.75, 3.05) is 0 Å². The Morgan fingerprint density at radius 3 is 2.55 bits per heavy atom. The summed E-state index contributed by atoms with van der Waals surface area (Å²) < 4.78 is 2.02. The van der Waals surface area contributed by atoms with Gasteiger partial charge in [-0.1, -0.05) is 44.0 Å². The summed E-state index contributed by atoms with van der Waals surface area (Å²) in [6.45, 7) is 3.95. The summed E-state index contributed by atoms with van der Waals surface area (Å²) in [5.41, 5.74) is 2.79. The highest BCUT2D eigenvalue weighted by Crippen LogP contribution is 2.20. The second kappa shape index (κ2) is 6.55. The molecule has 0 saturated carbocycles. The van der Waals surface area contributed by atoms with Gasteiger partial charge >= 0.3 is 0 Å². The lowest BCUT2D eigenvalue weighted by Gasteiger charge is -2.15. The van der Waals surface area contributed by atoms with Crippen LogP contribution in [0.15, 0.2) is 51.4 Å². The van der Waals surface area contributed by atoms with Gasteiger partial charge < -0.3 is 5.32 Å². The highest BCUT2D eigenvalue weighted by Gasteiger charge is 2.12. The SMILES string of the molecule is Cc1cc(C(=O)NC(C)c2cccc(Br)c2)ccc1Br. The first kappa shape index (κ1) is 15.3. The van der Waals surface area contributed by atoms with E-state index in [-0.39, 0.29) is 11.9 Å². The number of aryl methyl sites for hydroxylation is 1. The number of amides is 1. The molecule has 2 aromatic carbocycles. The van der Waals surface area contributed by atoms with Crippen LogP contribution in [0.1, 0.15) is 34.5 Å². The molecule has 0 heterocycles. The lowest BCUT2D eigenvalue weighted by molar-refractivity contribution is 0.0940. The van der Waals surface area contributed by atoms with Crippen molar-refractivity contribution in [3.05, 3.63) is 68.1 Å². The van der Waals surface area contributed by atoms with Crippen molar-refractivity contribution < 1.29 is 4.79 Å². The standard InChI is InChI=1S/C16H15Br2NO/c1-10-8-13(6-7-15(10)18)16(20)19-11(2)12-4-3-5-14(17)9-12/h3-9,11H,1-2H3,(H,19,20). The summed E-state index contributed by atoms with van der Waals surface area (Å²) in [5, 5.41) is 3.01. The minimum absolute atomic E-state index is 0.0380. The number of rotatable bonds is 3. The van der Waals surface area contributed by atoms with Gasteiger partial charge in [-0.3, -0.25) is 4.79 Å². The molecule has 0 saturated heterocycles. The second-order valence-corrected chi connectivity index (χ2v) is 6.48. The summed E-state index contributed by atoms with van der Waals surface area (Å²) >= 11 is 6.88. The molecule has 104 valence electrons. The molecule has 0 radical (unpaired) electrons. The van der Waals surface area contributed by atoms with Crippen molar-refractivity contribution in [3.63, 3.8) is 0 Å². The predicted molar refractivity (Wildman–Crippen MR) is 88.9 cm³/mol. The molecular formula is C16H15Br2NO. The van der Waals surface area contributed by atoms with Crippen molar-refractivity contribution in [2.24, 2.45) is 0 Å². The summed E-state index contributed by atoms with van der Waals surface area (Å²) in [7, 11) is 0. The maximum atomic E-state index is 12.2. The predicted octanol–water partition coefficient (Wildman–Crippen LogP) is 5.01. The minimum Gasteiger partial charge on any atom is -0.346 e. The summed E-state index contributed by atoms with van der Waals surface area (Å²) in [6, 6.07) is 13.5. The van der Waals surface area contributed by atoms with Crippen LogP contribution in [0, 0.1) is 6.92 Å². The fraction of sp³-hybridized carbons (Fsp3) is 0.188. The molecule has 2 aromatic rings. The Morgan fingerprint density at radius 1 is 1.15 bits per heavy atom. The average Bonchev–Trinajstić information content (AvgIpc) is 2.41. The quantitative estimate of drug-likeness (QED) is 0.775. The molecule has 0 spiro atoms. The Kier molecular flexibility index (Phi) is 5.00. The lowest BCUT2D eigenvalue weighted by atomic mass is 10.1. The van der Waals surface area contributed by atoms with Crippen molar-refractivity contribution in [3.8, 4) is 0 Å². The van der Waals surface area contributed by atoms with Gasteiger partial charge in [0.1, 0.15) is 0 Å². The van der Waals surface area contributed by atoms with Crippen LogP contribution < -0.4 is 5.32 Å². The Bertz CT molecular complexity index is 640. The molecule has 0 aliphatic heterocycles. The zero-order valence-corrected chi connectivity index (χ0v) is 14.5. The third kappa shape index (κ3) is 3.70. The maximum absolute atomic E-state index is 12.2. The van der Waals surface area contributed by atoms with E-state index in [0.29, 0.717) is 5.56 Å². The first-order valence-electron chi connectivity index (χ1n) is 6.30. The molecule has 2 rings (SSSR count). The summed E-state index contributed by atoms with van der Waals surface area (Å²) in [6.07, 6.45) is 0. The van der Waals surface area contributed by atoms with Crippen molar-refractivity contribution in [1.82, 2.24) is 5.32 Å². The molecule has 1 N–H and O–H groups in total. The van der Waals surface area contributed by atoms with Crippen LogP contribution in [0.5, 0.6) is 0 Å². The van der Waals surface area contributed by atoms with Gasteiger partial charge in [-0.05, 0) is 55.3 Å². The molecule has 0 bridgehead atoms. The van der Waals surface area contributed by atoms with Crippen LogP contribution in [-0.2, 0) is 0 Å². The van der Waals surface area contributed by atoms with Gasteiger partial charge in [0, 0.05) is 14.5 Å². The van der Waals surface area contributed by atoms with Gasteiger partial charge in [0.05, 0.1) is 6.04 Å². The topological polar surface area (TPSA) is 29.1 Å². The fourth-order valence-corrected chi connectivity index (χ4v) is 2.59. The molecular weight excluding hydrogens is 382 g/mol. The molecule has 0 aromatic heterocycles. The first-order valence-corrected chi connectivity index (χ1v) is 7.88. The maximum Gasteiger partial charge on any atom is 0.251 e. The van der Waals surface area contributed by atoms with Crippen LogP contribution in [0.2, 0.25) is 0 Å². The number of benzene rings is 2. The smallest absolute Gasteiger partial charge is 0.251 e. The average molecular weight is 397 g/mol. The van der Waals surface area contributed by atoms with Gasteiger partial charge in [0.15, 0.2) is 0 Å². The Morgan fingerprint density at radius 2 is 1.90 bits per heavy atom. The van der Waals surface area contributed by atoms with E-state index in [1.807, 2.05) is 56.3 Å². The zero-order valence-electron chi connectivity index (χ0n) is 11.3. The number of nitrogens with one attached hydrogen (secondary N) is 1. The largest absolute Gasteiger partial charge is 0.346 e. The van der Waals surface area contributed by atoms with E-state index in [1.54, 1.807) is 0 Å². The molecule has 0 fully saturated rings. The van der Waals surface area contributed by atoms with E-state index in [4.69, 9.17) is 0 Å². The minimum atomic E-state index is -0.0620. The fourth-order valence-electron chi connectivity index (χ4n) is 1.93. The molecule has 1 atom stereocenters. The Hall–Kier alpha value is -1.13. The monoisotopic (exact) mass is 395 g/mol. The molecule has 0 aliphatic carbocycles. The number of carbonyl (C=O) groups excluding carboxylic acids is 1. The van der Waals surface area contributed by atoms with E-state index in [2.05, 4.69) is 37.2 Å². The van der Waals surface area contributed by atoms with Gasteiger partial charge in [-0.25, -0.2) is 0 Å². The molecule has 1 amide bonds. The van der Waals surface area contributed by atoms with E-state index in [1.165, 1.54) is 0 Å². The van der Waals surface area contributed by atoms with Crippen LogP contribution >= 0.6 is 31.9 Å². The van der Waals surface area contributed by atoms with Gasteiger partial charge in [-0.15, -0.1) is 0 Å². The second-order valence-electron chi connectivity index (χ2n) is 4.71. The zero-order chi connectivity index (χ0) is 14.7. The van der Waals surface area contributed by atoms with Crippen LogP contribution in [0.4, 0.5) is 0 Å². The summed E-state index contributed by atoms with van der Waals surface area (Å²) in [5.74, 6) is -0.0620. The van der Waals surface area contributed by atoms with Gasteiger partial charge in [-0.2, -0.15) is 0 Å². The number of hydrogen-bond acceptors (Lipinski definition) is 1. The van der Waals surface area contributed by atoms with Gasteiger partial charge in [0.25, 0.3) is 5.91 Å². The third-order valence-corrected chi connectivity index (χ3v) is 4.50. The Balaban J connectivity index is 2.13. The normalized spacial score (nSPS) is 12.0.